The molecule has 1 nitrogen and oxygen atoms in total. The van der Waals surface area contributed by atoms with Gasteiger partial charge in [0, 0.05) is 0 Å². The van der Waals surface area contributed by atoms with Gasteiger partial charge >= 0.3 is 40.5 Å². The van der Waals surface area contributed by atoms with Crippen LogP contribution in [0.2, 0.25) is 0 Å². The van der Waals surface area contributed by atoms with Gasteiger partial charge in [0.05, 0.1) is 0 Å². The number of hydrogen-bond donors (Lipinski definition) is 0. The molecule has 0 saturated heterocycles. The predicted octanol–water partition coefficient (Wildman–Crippen LogP) is 1.09. The Kier molecular flexibility index (Phi) is 6.69. The SMILES string of the molecule is C[N](C)[SbH2].Cc1ccccc1. The number of rotatable bonds is 0. The van der Waals surface area contributed by atoms with Crippen molar-refractivity contribution in [2.75, 3.05) is 14.1 Å². The number of hydrogen-bond acceptors (Lipinski definition) is 1. The summed E-state index contributed by atoms with van der Waals surface area (Å²) >= 11 is 1.23. The molecule has 0 N–H and O–H groups in total. The van der Waals surface area contributed by atoms with Crippen LogP contribution in [0.3, 0.4) is 0 Å². The summed E-state index contributed by atoms with van der Waals surface area (Å²) in [4.78, 5) is 0. The average molecular weight is 260 g/mol. The molecule has 1 aromatic rings. The zero-order valence-electron chi connectivity index (χ0n) is 7.41. The summed E-state index contributed by atoms with van der Waals surface area (Å²) in [5.41, 5.74) is 1.32. The van der Waals surface area contributed by atoms with Crippen molar-refractivity contribution in [2.24, 2.45) is 0 Å². The van der Waals surface area contributed by atoms with Gasteiger partial charge in [-0.1, -0.05) is 35.9 Å². The second-order valence-corrected chi connectivity index (χ2v) is 5.57. The van der Waals surface area contributed by atoms with E-state index in [1.54, 1.807) is 0 Å². The van der Waals surface area contributed by atoms with Gasteiger partial charge in [0.25, 0.3) is 0 Å². The molecule has 0 aliphatic heterocycles. The summed E-state index contributed by atoms with van der Waals surface area (Å²) in [7, 11) is 4.12. The Balaban J connectivity index is 0.000000218. The van der Waals surface area contributed by atoms with Crippen LogP contribution in [0.1, 0.15) is 5.56 Å². The van der Waals surface area contributed by atoms with Crippen molar-refractivity contribution >= 4 is 23.3 Å². The average Bonchev–Trinajstić information content (AvgIpc) is 1.87. The largest absolute Gasteiger partial charge is 0.0622 e. The van der Waals surface area contributed by atoms with E-state index in [-0.39, 0.29) is 0 Å². The minimum absolute atomic E-state index is 1.23. The van der Waals surface area contributed by atoms with E-state index in [2.05, 4.69) is 36.2 Å². The first-order valence-corrected chi connectivity index (χ1v) is 5.04. The van der Waals surface area contributed by atoms with Crippen molar-refractivity contribution in [3.63, 3.8) is 0 Å². The van der Waals surface area contributed by atoms with Gasteiger partial charge in [-0.15, -0.1) is 0 Å². The quantitative estimate of drug-likeness (QED) is 0.631. The molecule has 1 aromatic carbocycles. The van der Waals surface area contributed by atoms with Crippen LogP contribution in [0.15, 0.2) is 30.3 Å². The summed E-state index contributed by atoms with van der Waals surface area (Å²) in [5, 5.41) is 0. The maximum atomic E-state index is 2.13. The normalized spacial score (nSPS) is 8.82. The minimum Gasteiger partial charge on any atom is -0.0622 e. The second kappa shape index (κ2) is 6.69. The molecule has 0 saturated carbocycles. The van der Waals surface area contributed by atoms with Gasteiger partial charge in [0.15, 0.2) is 0 Å². The fraction of sp³-hybridized carbons (Fsp3) is 0.333. The topological polar surface area (TPSA) is 3.24 Å². The van der Waals surface area contributed by atoms with Gasteiger partial charge in [-0.25, -0.2) is 0 Å². The number of benzene rings is 1. The standard InChI is InChI=1S/C7H8.C2H6N.Sb.2H/c1-7-5-3-2-4-6-7;1-3-2;;;/h2-6H,1H3;1-2H3;;;/q;-1;+1;;. The van der Waals surface area contributed by atoms with Crippen LogP contribution in [0, 0.1) is 6.92 Å². The fourth-order valence-electron chi connectivity index (χ4n) is 0.534. The number of aryl methyl sites for hydroxylation is 1. The van der Waals surface area contributed by atoms with Crippen molar-refractivity contribution in [1.29, 1.82) is 0 Å². The molecule has 2 heteroatoms. The van der Waals surface area contributed by atoms with Crippen molar-refractivity contribution < 1.29 is 0 Å². The van der Waals surface area contributed by atoms with Gasteiger partial charge in [-0.2, -0.15) is 0 Å². The van der Waals surface area contributed by atoms with Gasteiger partial charge in [0.1, 0.15) is 0 Å². The Hall–Kier alpha value is -0.00182. The van der Waals surface area contributed by atoms with E-state index in [4.69, 9.17) is 0 Å². The molecule has 0 fully saturated rings. The summed E-state index contributed by atoms with van der Waals surface area (Å²) < 4.78 is 2.13. The Morgan fingerprint density at radius 3 is 1.64 bits per heavy atom. The Bertz CT molecular complexity index is 169. The molecule has 1 rings (SSSR count). The van der Waals surface area contributed by atoms with E-state index in [1.165, 1.54) is 28.9 Å². The van der Waals surface area contributed by atoms with Crippen LogP contribution < -0.4 is 0 Å². The zero-order chi connectivity index (χ0) is 8.69. The van der Waals surface area contributed by atoms with Crippen molar-refractivity contribution in [1.82, 2.24) is 3.06 Å². The molecule has 11 heavy (non-hydrogen) atoms. The van der Waals surface area contributed by atoms with Gasteiger partial charge < -0.3 is 0 Å². The molecule has 0 aromatic heterocycles. The van der Waals surface area contributed by atoms with Crippen LogP contribution >= 0.6 is 0 Å². The first-order chi connectivity index (χ1) is 5.13. The molecule has 0 heterocycles. The van der Waals surface area contributed by atoms with E-state index < -0.39 is 0 Å². The van der Waals surface area contributed by atoms with Crippen LogP contribution in [0.4, 0.5) is 0 Å². The van der Waals surface area contributed by atoms with Crippen molar-refractivity contribution in [3.8, 4) is 0 Å². The van der Waals surface area contributed by atoms with E-state index in [9.17, 15) is 0 Å². The van der Waals surface area contributed by atoms with E-state index in [0.29, 0.717) is 0 Å². The van der Waals surface area contributed by atoms with Crippen LogP contribution in [-0.2, 0) is 0 Å². The van der Waals surface area contributed by atoms with Crippen LogP contribution in [-0.4, -0.2) is 40.5 Å². The zero-order valence-corrected chi connectivity index (χ0v) is 10.7. The first kappa shape index (κ1) is 11.0. The predicted molar refractivity (Wildman–Crippen MR) is 53.4 cm³/mol. The molecule has 0 radical (unpaired) electrons. The summed E-state index contributed by atoms with van der Waals surface area (Å²) in [6, 6.07) is 10.3. The maximum absolute atomic E-state index is 2.13. The Labute approximate surface area is 83.3 Å². The third kappa shape index (κ3) is 10.00. The van der Waals surface area contributed by atoms with E-state index >= 15 is 0 Å². The molecule has 0 atom stereocenters. The monoisotopic (exact) mass is 259 g/mol. The third-order valence-corrected chi connectivity index (χ3v) is 0.940. The second-order valence-electron chi connectivity index (χ2n) is 2.62. The summed E-state index contributed by atoms with van der Waals surface area (Å²) in [5.74, 6) is 0. The minimum atomic E-state index is 1.23. The third-order valence-electron chi connectivity index (χ3n) is 0.940. The number of nitrogens with zero attached hydrogens (tertiary/aromatic N) is 1. The smallest absolute Gasteiger partial charge is 0.0398 e. The summed E-state index contributed by atoms with van der Waals surface area (Å²) in [6.45, 7) is 2.08. The van der Waals surface area contributed by atoms with Gasteiger partial charge in [0.2, 0.25) is 0 Å². The molecule has 0 aliphatic rings. The Morgan fingerprint density at radius 1 is 1.09 bits per heavy atom. The fourth-order valence-corrected chi connectivity index (χ4v) is 0.534. The molecule has 62 valence electrons. The molecule has 0 spiro atoms. The molecular weight excluding hydrogens is 244 g/mol. The molecule has 0 amide bonds. The van der Waals surface area contributed by atoms with Crippen LogP contribution in [0.5, 0.6) is 0 Å². The van der Waals surface area contributed by atoms with Crippen LogP contribution in [0.25, 0.3) is 0 Å². The molecular formula is C9H16NSb. The summed E-state index contributed by atoms with van der Waals surface area (Å²) in [6.07, 6.45) is 0. The van der Waals surface area contributed by atoms with E-state index in [0.717, 1.165) is 0 Å². The van der Waals surface area contributed by atoms with Gasteiger partial charge in [-0.3, -0.25) is 0 Å². The van der Waals surface area contributed by atoms with Crippen molar-refractivity contribution in [2.45, 2.75) is 6.92 Å². The molecule has 0 unspecified atom stereocenters. The maximum Gasteiger partial charge on any atom is -0.0398 e. The van der Waals surface area contributed by atoms with Crippen molar-refractivity contribution in [3.05, 3.63) is 35.9 Å². The first-order valence-electron chi connectivity index (χ1n) is 3.56. The van der Waals surface area contributed by atoms with Gasteiger partial charge in [-0.05, 0) is 6.92 Å². The van der Waals surface area contributed by atoms with E-state index in [1.807, 2.05) is 18.2 Å². The molecule has 0 aliphatic carbocycles. The molecule has 0 bridgehead atoms. The Morgan fingerprint density at radius 2 is 1.45 bits per heavy atom.